The van der Waals surface area contributed by atoms with E-state index in [0.29, 0.717) is 22.3 Å². The molecule has 0 amide bonds. The molecule has 5 heteroatoms. The third kappa shape index (κ3) is 3.36. The van der Waals surface area contributed by atoms with Crippen LogP contribution in [0.5, 0.6) is 5.75 Å². The molecule has 3 aromatic carbocycles. The first-order chi connectivity index (χ1) is 12.2. The van der Waals surface area contributed by atoms with Gasteiger partial charge in [0.25, 0.3) is 10.1 Å². The molecule has 0 heterocycles. The number of aromatic hydroxyl groups is 1. The summed E-state index contributed by atoms with van der Waals surface area (Å²) in [7, 11) is -4.59. The van der Waals surface area contributed by atoms with Gasteiger partial charge in [-0.25, -0.2) is 0 Å². The summed E-state index contributed by atoms with van der Waals surface area (Å²) >= 11 is 0. The minimum absolute atomic E-state index is 0.105. The molecule has 2 N–H and O–H groups in total. The normalized spacial score (nSPS) is 11.5. The second kappa shape index (κ2) is 6.59. The van der Waals surface area contributed by atoms with Crippen LogP contribution in [0.15, 0.2) is 59.5 Å². The lowest BCUT2D eigenvalue weighted by molar-refractivity contribution is 0.468. The van der Waals surface area contributed by atoms with E-state index in [2.05, 4.69) is 0 Å². The van der Waals surface area contributed by atoms with Gasteiger partial charge in [0.05, 0.1) is 0 Å². The monoisotopic (exact) mass is 368 g/mol. The van der Waals surface area contributed by atoms with Gasteiger partial charge < -0.3 is 5.11 Å². The SMILES string of the molecule is Cc1ccc(-c2c(C)cc(O)c(-c3ccc(C)cc3)c2S(=O)(=O)O)cc1. The number of phenols is 1. The van der Waals surface area contributed by atoms with Crippen molar-refractivity contribution in [3.63, 3.8) is 0 Å². The Morgan fingerprint density at radius 2 is 1.15 bits per heavy atom. The lowest BCUT2D eigenvalue weighted by atomic mass is 9.93. The molecule has 4 nitrogen and oxygen atoms in total. The van der Waals surface area contributed by atoms with Crippen molar-refractivity contribution < 1.29 is 18.1 Å². The zero-order chi connectivity index (χ0) is 19.1. The average Bonchev–Trinajstić information content (AvgIpc) is 2.56. The van der Waals surface area contributed by atoms with E-state index in [9.17, 15) is 18.1 Å². The fourth-order valence-electron chi connectivity index (χ4n) is 3.11. The number of rotatable bonds is 3. The van der Waals surface area contributed by atoms with E-state index in [4.69, 9.17) is 0 Å². The van der Waals surface area contributed by atoms with Gasteiger partial charge in [0.1, 0.15) is 10.6 Å². The standard InChI is InChI=1S/C21H20O4S/c1-13-4-8-16(9-5-13)19-15(3)12-18(22)20(21(19)26(23,24)25)17-10-6-14(2)7-11-17/h4-12,22H,1-3H3,(H,23,24,25). The minimum Gasteiger partial charge on any atom is -0.507 e. The van der Waals surface area contributed by atoms with Crippen LogP contribution in [0, 0.1) is 20.8 Å². The van der Waals surface area contributed by atoms with Gasteiger partial charge in [-0.15, -0.1) is 0 Å². The largest absolute Gasteiger partial charge is 0.507 e. The Labute approximate surface area is 153 Å². The van der Waals surface area contributed by atoms with E-state index in [-0.39, 0.29) is 16.2 Å². The molecule has 134 valence electrons. The van der Waals surface area contributed by atoms with E-state index in [0.717, 1.165) is 11.1 Å². The van der Waals surface area contributed by atoms with Gasteiger partial charge >= 0.3 is 0 Å². The molecule has 0 bridgehead atoms. The van der Waals surface area contributed by atoms with Crippen molar-refractivity contribution in [2.45, 2.75) is 25.7 Å². The molecule has 0 spiro atoms. The Balaban J connectivity index is 2.44. The molecule has 0 aromatic heterocycles. The van der Waals surface area contributed by atoms with Crippen LogP contribution in [0.3, 0.4) is 0 Å². The number of aryl methyl sites for hydroxylation is 3. The van der Waals surface area contributed by atoms with Crippen LogP contribution in [-0.4, -0.2) is 18.1 Å². The van der Waals surface area contributed by atoms with Crippen molar-refractivity contribution in [2.75, 3.05) is 0 Å². The molecule has 0 radical (unpaired) electrons. The lowest BCUT2D eigenvalue weighted by Gasteiger charge is -2.18. The molecular formula is C21H20O4S. The number of hydrogen-bond acceptors (Lipinski definition) is 3. The Morgan fingerprint density at radius 1 is 0.731 bits per heavy atom. The minimum atomic E-state index is -4.59. The molecule has 3 rings (SSSR count). The van der Waals surface area contributed by atoms with Crippen LogP contribution >= 0.6 is 0 Å². The molecular weight excluding hydrogens is 348 g/mol. The Kier molecular flexibility index (Phi) is 4.61. The average molecular weight is 368 g/mol. The van der Waals surface area contributed by atoms with Gasteiger partial charge in [0, 0.05) is 11.1 Å². The van der Waals surface area contributed by atoms with Gasteiger partial charge in [-0.1, -0.05) is 59.7 Å². The van der Waals surface area contributed by atoms with Gasteiger partial charge in [0.15, 0.2) is 0 Å². The molecule has 0 atom stereocenters. The van der Waals surface area contributed by atoms with Gasteiger partial charge in [0.2, 0.25) is 0 Å². The fourth-order valence-corrected chi connectivity index (χ4v) is 4.12. The van der Waals surface area contributed by atoms with Crippen LogP contribution < -0.4 is 0 Å². The number of hydrogen-bond donors (Lipinski definition) is 2. The predicted molar refractivity (Wildman–Crippen MR) is 103 cm³/mol. The molecule has 0 fully saturated rings. The third-order valence-electron chi connectivity index (χ3n) is 4.40. The second-order valence-corrected chi connectivity index (χ2v) is 7.86. The number of phenolic OH excluding ortho intramolecular Hbond substituents is 1. The highest BCUT2D eigenvalue weighted by Gasteiger charge is 2.27. The smallest absolute Gasteiger partial charge is 0.295 e. The molecule has 0 aliphatic carbocycles. The summed E-state index contributed by atoms with van der Waals surface area (Å²) in [5, 5.41) is 10.5. The van der Waals surface area contributed by atoms with E-state index >= 15 is 0 Å². The number of benzene rings is 3. The molecule has 26 heavy (non-hydrogen) atoms. The topological polar surface area (TPSA) is 74.6 Å². The Morgan fingerprint density at radius 3 is 1.58 bits per heavy atom. The van der Waals surface area contributed by atoms with Gasteiger partial charge in [-0.05, 0) is 43.5 Å². The van der Waals surface area contributed by atoms with Crippen molar-refractivity contribution in [1.82, 2.24) is 0 Å². The maximum atomic E-state index is 12.3. The van der Waals surface area contributed by atoms with Crippen molar-refractivity contribution >= 4 is 10.1 Å². The lowest BCUT2D eigenvalue weighted by Crippen LogP contribution is -2.06. The molecule has 0 saturated carbocycles. The zero-order valence-electron chi connectivity index (χ0n) is 14.8. The Hall–Kier alpha value is -2.63. The maximum Gasteiger partial charge on any atom is 0.295 e. The summed E-state index contributed by atoms with van der Waals surface area (Å²) in [5.41, 5.74) is 4.29. The van der Waals surface area contributed by atoms with Crippen LogP contribution in [0.25, 0.3) is 22.3 Å². The Bertz CT molecular complexity index is 995. The zero-order valence-corrected chi connectivity index (χ0v) is 15.6. The fraction of sp³-hybridized carbons (Fsp3) is 0.143. The van der Waals surface area contributed by atoms with E-state index in [1.165, 1.54) is 6.07 Å². The predicted octanol–water partition coefficient (Wildman–Crippen LogP) is 4.90. The summed E-state index contributed by atoms with van der Waals surface area (Å²) < 4.78 is 34.6. The van der Waals surface area contributed by atoms with Crippen LogP contribution in [0.4, 0.5) is 0 Å². The first-order valence-electron chi connectivity index (χ1n) is 8.16. The second-order valence-electron chi connectivity index (χ2n) is 6.50. The molecule has 0 saturated heterocycles. The third-order valence-corrected chi connectivity index (χ3v) is 5.32. The van der Waals surface area contributed by atoms with Crippen LogP contribution in [0.1, 0.15) is 16.7 Å². The molecule has 0 aliphatic heterocycles. The van der Waals surface area contributed by atoms with E-state index < -0.39 is 10.1 Å². The summed E-state index contributed by atoms with van der Waals surface area (Å²) in [6.45, 7) is 5.57. The summed E-state index contributed by atoms with van der Waals surface area (Å²) in [6.07, 6.45) is 0. The van der Waals surface area contributed by atoms with Crippen LogP contribution in [-0.2, 0) is 10.1 Å². The molecule has 0 aliphatic rings. The highest BCUT2D eigenvalue weighted by Crippen LogP contribution is 2.43. The summed E-state index contributed by atoms with van der Waals surface area (Å²) in [6, 6.07) is 16.0. The first-order valence-corrected chi connectivity index (χ1v) is 9.60. The van der Waals surface area contributed by atoms with Crippen molar-refractivity contribution in [3.05, 3.63) is 71.3 Å². The summed E-state index contributed by atoms with van der Waals surface area (Å²) in [4.78, 5) is -0.275. The van der Waals surface area contributed by atoms with E-state index in [1.54, 1.807) is 19.1 Å². The van der Waals surface area contributed by atoms with Gasteiger partial charge in [-0.3, -0.25) is 4.55 Å². The highest BCUT2D eigenvalue weighted by atomic mass is 32.2. The van der Waals surface area contributed by atoms with Gasteiger partial charge in [-0.2, -0.15) is 8.42 Å². The van der Waals surface area contributed by atoms with Crippen molar-refractivity contribution in [3.8, 4) is 28.0 Å². The van der Waals surface area contributed by atoms with Crippen molar-refractivity contribution in [2.24, 2.45) is 0 Å². The summed E-state index contributed by atoms with van der Waals surface area (Å²) in [5.74, 6) is -0.185. The quantitative estimate of drug-likeness (QED) is 0.645. The van der Waals surface area contributed by atoms with E-state index in [1.807, 2.05) is 50.2 Å². The van der Waals surface area contributed by atoms with Crippen LogP contribution in [0.2, 0.25) is 0 Å². The molecule has 0 unspecified atom stereocenters. The maximum absolute atomic E-state index is 12.3. The van der Waals surface area contributed by atoms with Crippen molar-refractivity contribution in [1.29, 1.82) is 0 Å². The highest BCUT2D eigenvalue weighted by molar-refractivity contribution is 7.86. The molecule has 3 aromatic rings. The first kappa shape index (κ1) is 18.2.